The molecule has 2 aliphatic carbocycles. The Kier molecular flexibility index (Phi) is 4.12. The Morgan fingerprint density at radius 1 is 1.00 bits per heavy atom. The highest BCUT2D eigenvalue weighted by atomic mass is 16.5. The van der Waals surface area contributed by atoms with Gasteiger partial charge in [-0.2, -0.15) is 0 Å². The lowest BCUT2D eigenvalue weighted by molar-refractivity contribution is -0.136. The average molecular weight is 312 g/mol. The maximum absolute atomic E-state index is 12.8. The summed E-state index contributed by atoms with van der Waals surface area (Å²) in [4.78, 5) is 25.6. The van der Waals surface area contributed by atoms with E-state index in [9.17, 15) is 9.59 Å². The molecule has 0 aliphatic heterocycles. The summed E-state index contributed by atoms with van der Waals surface area (Å²) in [7, 11) is 3.07. The SMILES string of the molecule is CC#Cc1cc(OC)c(C2C(=O)C3CCC(C3)C2=O)c(OC)c1. The third-order valence-electron chi connectivity index (χ3n) is 4.91. The molecule has 0 amide bonds. The van der Waals surface area contributed by atoms with Crippen LogP contribution >= 0.6 is 0 Å². The minimum Gasteiger partial charge on any atom is -0.496 e. The number of carbonyl (C=O) groups is 2. The van der Waals surface area contributed by atoms with Crippen molar-refractivity contribution in [2.24, 2.45) is 11.8 Å². The highest BCUT2D eigenvalue weighted by molar-refractivity contribution is 6.13. The van der Waals surface area contributed by atoms with Gasteiger partial charge in [-0.15, -0.1) is 5.92 Å². The first-order valence-corrected chi connectivity index (χ1v) is 7.86. The van der Waals surface area contributed by atoms with Crippen molar-refractivity contribution in [1.29, 1.82) is 0 Å². The van der Waals surface area contributed by atoms with Crippen LogP contribution in [0.5, 0.6) is 11.5 Å². The third-order valence-corrected chi connectivity index (χ3v) is 4.91. The predicted molar refractivity (Wildman–Crippen MR) is 85.7 cm³/mol. The minimum atomic E-state index is -0.769. The van der Waals surface area contributed by atoms with Crippen LogP contribution in [0.4, 0.5) is 0 Å². The zero-order chi connectivity index (χ0) is 16.6. The van der Waals surface area contributed by atoms with Crippen LogP contribution < -0.4 is 9.47 Å². The summed E-state index contributed by atoms with van der Waals surface area (Å²) in [5, 5.41) is 0. The van der Waals surface area contributed by atoms with Crippen LogP contribution in [-0.2, 0) is 9.59 Å². The van der Waals surface area contributed by atoms with Crippen LogP contribution in [0.1, 0.15) is 43.2 Å². The summed E-state index contributed by atoms with van der Waals surface area (Å²) in [5.74, 6) is 6.02. The number of benzene rings is 1. The molecule has 4 heteroatoms. The molecule has 2 atom stereocenters. The Bertz CT molecular complexity index is 676. The van der Waals surface area contributed by atoms with E-state index in [0.717, 1.165) is 18.4 Å². The zero-order valence-electron chi connectivity index (χ0n) is 13.6. The number of ketones is 2. The normalized spacial score (nSPS) is 25.8. The molecule has 2 bridgehead atoms. The van der Waals surface area contributed by atoms with Gasteiger partial charge in [-0.1, -0.05) is 5.92 Å². The summed E-state index contributed by atoms with van der Waals surface area (Å²) in [6.45, 7) is 1.75. The second-order valence-electron chi connectivity index (χ2n) is 6.11. The first-order valence-electron chi connectivity index (χ1n) is 7.86. The van der Waals surface area contributed by atoms with Gasteiger partial charge in [0.05, 0.1) is 19.8 Å². The molecule has 4 nitrogen and oxygen atoms in total. The second kappa shape index (κ2) is 6.08. The minimum absolute atomic E-state index is 0.00720. The quantitative estimate of drug-likeness (QED) is 0.636. The van der Waals surface area contributed by atoms with Crippen molar-refractivity contribution in [3.63, 3.8) is 0 Å². The van der Waals surface area contributed by atoms with Gasteiger partial charge in [-0.05, 0) is 38.3 Å². The molecule has 0 heterocycles. The smallest absolute Gasteiger partial charge is 0.151 e. The van der Waals surface area contributed by atoms with Crippen molar-refractivity contribution in [3.8, 4) is 23.3 Å². The lowest BCUT2D eigenvalue weighted by Gasteiger charge is -2.28. The molecular formula is C19H20O4. The molecule has 2 unspecified atom stereocenters. The van der Waals surface area contributed by atoms with Gasteiger partial charge in [0.2, 0.25) is 0 Å². The molecule has 23 heavy (non-hydrogen) atoms. The topological polar surface area (TPSA) is 52.6 Å². The standard InChI is InChI=1S/C19H20O4/c1-4-5-11-8-14(22-2)16(15(9-11)23-3)17-18(20)12-6-7-13(10-12)19(17)21/h8-9,12-13,17H,6-7,10H2,1-3H3. The van der Waals surface area contributed by atoms with E-state index < -0.39 is 5.92 Å². The lowest BCUT2D eigenvalue weighted by Crippen LogP contribution is -2.35. The fourth-order valence-electron chi connectivity index (χ4n) is 3.83. The Hall–Kier alpha value is -2.28. The number of Topliss-reactive ketones (excluding diaryl/α,β-unsaturated/α-hetero) is 2. The van der Waals surface area contributed by atoms with Crippen molar-refractivity contribution in [2.45, 2.75) is 32.1 Å². The number of hydrogen-bond donors (Lipinski definition) is 0. The van der Waals surface area contributed by atoms with E-state index in [2.05, 4.69) is 11.8 Å². The van der Waals surface area contributed by atoms with E-state index >= 15 is 0 Å². The van der Waals surface area contributed by atoms with E-state index in [1.807, 2.05) is 0 Å². The predicted octanol–water partition coefficient (Wildman–Crippen LogP) is 2.73. The third kappa shape index (κ3) is 2.50. The number of fused-ring (bicyclic) bond motifs is 2. The summed E-state index contributed by atoms with van der Waals surface area (Å²) >= 11 is 0. The summed E-state index contributed by atoms with van der Waals surface area (Å²) in [6, 6.07) is 3.54. The Balaban J connectivity index is 2.15. The monoisotopic (exact) mass is 312 g/mol. The van der Waals surface area contributed by atoms with Crippen LogP contribution in [-0.4, -0.2) is 25.8 Å². The van der Waals surface area contributed by atoms with Gasteiger partial charge in [-0.25, -0.2) is 0 Å². The van der Waals surface area contributed by atoms with Gasteiger partial charge in [0.25, 0.3) is 0 Å². The zero-order valence-corrected chi connectivity index (χ0v) is 13.6. The molecule has 3 rings (SSSR count). The van der Waals surface area contributed by atoms with Crippen LogP contribution in [0.3, 0.4) is 0 Å². The van der Waals surface area contributed by atoms with E-state index in [4.69, 9.17) is 9.47 Å². The molecule has 120 valence electrons. The van der Waals surface area contributed by atoms with Gasteiger partial charge in [-0.3, -0.25) is 9.59 Å². The summed E-state index contributed by atoms with van der Waals surface area (Å²) in [6.07, 6.45) is 2.34. The maximum atomic E-state index is 12.8. The van der Waals surface area contributed by atoms with Crippen molar-refractivity contribution in [2.75, 3.05) is 14.2 Å². The molecule has 2 aliphatic rings. The van der Waals surface area contributed by atoms with Gasteiger partial charge in [0.15, 0.2) is 11.6 Å². The van der Waals surface area contributed by atoms with Gasteiger partial charge in [0, 0.05) is 17.4 Å². The van der Waals surface area contributed by atoms with Crippen molar-refractivity contribution in [3.05, 3.63) is 23.3 Å². The summed E-state index contributed by atoms with van der Waals surface area (Å²) < 4.78 is 10.9. The molecule has 0 aromatic heterocycles. The first kappa shape index (κ1) is 15.6. The van der Waals surface area contributed by atoms with E-state index in [1.165, 1.54) is 14.2 Å². The molecular weight excluding hydrogens is 292 g/mol. The van der Waals surface area contributed by atoms with Crippen molar-refractivity contribution >= 4 is 11.6 Å². The van der Waals surface area contributed by atoms with Crippen LogP contribution in [0.15, 0.2) is 12.1 Å². The molecule has 1 aromatic rings. The number of rotatable bonds is 3. The Labute approximate surface area is 136 Å². The van der Waals surface area contributed by atoms with E-state index in [1.54, 1.807) is 19.1 Å². The van der Waals surface area contributed by atoms with Gasteiger partial charge < -0.3 is 9.47 Å². The van der Waals surface area contributed by atoms with E-state index in [-0.39, 0.29) is 23.4 Å². The second-order valence-corrected chi connectivity index (χ2v) is 6.11. The fraction of sp³-hybridized carbons (Fsp3) is 0.474. The van der Waals surface area contributed by atoms with E-state index in [0.29, 0.717) is 23.5 Å². The Morgan fingerprint density at radius 2 is 1.52 bits per heavy atom. The number of ether oxygens (including phenoxy) is 2. The number of hydrogen-bond acceptors (Lipinski definition) is 4. The molecule has 0 saturated heterocycles. The van der Waals surface area contributed by atoms with Crippen molar-refractivity contribution < 1.29 is 19.1 Å². The highest BCUT2D eigenvalue weighted by Gasteiger charge is 2.49. The maximum Gasteiger partial charge on any atom is 0.151 e. The molecule has 0 radical (unpaired) electrons. The highest BCUT2D eigenvalue weighted by Crippen LogP contribution is 2.48. The Morgan fingerprint density at radius 3 is 1.96 bits per heavy atom. The van der Waals surface area contributed by atoms with Crippen molar-refractivity contribution in [1.82, 2.24) is 0 Å². The molecule has 1 aromatic carbocycles. The molecule has 0 N–H and O–H groups in total. The van der Waals surface area contributed by atoms with Gasteiger partial charge >= 0.3 is 0 Å². The number of methoxy groups -OCH3 is 2. The number of carbonyl (C=O) groups excluding carboxylic acids is 2. The van der Waals surface area contributed by atoms with Crippen LogP contribution in [0, 0.1) is 23.7 Å². The average Bonchev–Trinajstić information content (AvgIpc) is 3.01. The largest absolute Gasteiger partial charge is 0.496 e. The van der Waals surface area contributed by atoms with Gasteiger partial charge in [0.1, 0.15) is 17.4 Å². The molecule has 2 fully saturated rings. The van der Waals surface area contributed by atoms with Crippen LogP contribution in [0.2, 0.25) is 0 Å². The fourth-order valence-corrected chi connectivity index (χ4v) is 3.83. The molecule has 2 saturated carbocycles. The summed E-state index contributed by atoms with van der Waals surface area (Å²) in [5.41, 5.74) is 1.30. The first-order chi connectivity index (χ1) is 11.1. The van der Waals surface area contributed by atoms with Crippen LogP contribution in [0.25, 0.3) is 0 Å². The molecule has 0 spiro atoms. The lowest BCUT2D eigenvalue weighted by atomic mass is 9.74.